The highest BCUT2D eigenvalue weighted by Gasteiger charge is 2.14. The van der Waals surface area contributed by atoms with Gasteiger partial charge in [0.15, 0.2) is 4.34 Å². The van der Waals surface area contributed by atoms with Crippen LogP contribution in [0.15, 0.2) is 83.2 Å². The van der Waals surface area contributed by atoms with E-state index in [0.717, 1.165) is 5.75 Å². The average molecular weight is 497 g/mol. The highest BCUT2D eigenvalue weighted by Crippen LogP contribution is 2.27. The van der Waals surface area contributed by atoms with Gasteiger partial charge in [0.1, 0.15) is 11.5 Å². The van der Waals surface area contributed by atoms with Crippen molar-refractivity contribution < 1.29 is 14.3 Å². The van der Waals surface area contributed by atoms with Crippen molar-refractivity contribution in [1.82, 2.24) is 10.2 Å². The summed E-state index contributed by atoms with van der Waals surface area (Å²) in [4.78, 5) is 24.6. The van der Waals surface area contributed by atoms with Crippen LogP contribution in [-0.2, 0) is 4.79 Å². The third kappa shape index (κ3) is 6.55. The van der Waals surface area contributed by atoms with Crippen LogP contribution in [0.3, 0.4) is 0 Å². The molecule has 3 aromatic carbocycles. The van der Waals surface area contributed by atoms with E-state index < -0.39 is 0 Å². The summed E-state index contributed by atoms with van der Waals surface area (Å²) >= 11 is 8.45. The Balaban J connectivity index is 1.25. The predicted octanol–water partition coefficient (Wildman–Crippen LogP) is 5.97. The summed E-state index contributed by atoms with van der Waals surface area (Å²) in [5.74, 6) is 1.01. The maximum absolute atomic E-state index is 12.3. The normalized spacial score (nSPS) is 10.5. The molecule has 4 aromatic rings. The molecule has 10 heteroatoms. The van der Waals surface area contributed by atoms with Crippen LogP contribution >= 0.6 is 34.7 Å². The molecule has 0 spiro atoms. The Bertz CT molecular complexity index is 1250. The molecular formula is C23H17ClN4O3S2. The number of amides is 2. The van der Waals surface area contributed by atoms with E-state index in [1.807, 2.05) is 30.3 Å². The van der Waals surface area contributed by atoms with Crippen LogP contribution in [-0.4, -0.2) is 27.8 Å². The number of benzene rings is 3. The molecule has 0 fully saturated rings. The van der Waals surface area contributed by atoms with E-state index in [0.29, 0.717) is 31.5 Å². The van der Waals surface area contributed by atoms with Crippen LogP contribution in [0.4, 0.5) is 10.8 Å². The number of ether oxygens (including phenoxy) is 1. The molecule has 0 radical (unpaired) electrons. The molecule has 33 heavy (non-hydrogen) atoms. The van der Waals surface area contributed by atoms with Crippen LogP contribution in [0.1, 0.15) is 10.4 Å². The lowest BCUT2D eigenvalue weighted by Crippen LogP contribution is -2.13. The lowest BCUT2D eigenvalue weighted by atomic mass is 10.2. The maximum Gasteiger partial charge on any atom is 0.259 e. The van der Waals surface area contributed by atoms with Gasteiger partial charge >= 0.3 is 0 Å². The van der Waals surface area contributed by atoms with Gasteiger partial charge in [-0.15, -0.1) is 10.2 Å². The molecule has 0 aliphatic rings. The van der Waals surface area contributed by atoms with Gasteiger partial charge in [0.2, 0.25) is 11.0 Å². The van der Waals surface area contributed by atoms with Gasteiger partial charge in [-0.25, -0.2) is 0 Å². The molecule has 0 aliphatic carbocycles. The number of carbonyl (C=O) groups is 2. The van der Waals surface area contributed by atoms with E-state index in [2.05, 4.69) is 20.8 Å². The minimum absolute atomic E-state index is 0.148. The number of hydrogen-bond acceptors (Lipinski definition) is 7. The van der Waals surface area contributed by atoms with E-state index in [9.17, 15) is 9.59 Å². The second kappa shape index (κ2) is 11.0. The van der Waals surface area contributed by atoms with Gasteiger partial charge in [-0.2, -0.15) is 0 Å². The number of nitrogens with zero attached hydrogens (tertiary/aromatic N) is 2. The Labute approximate surface area is 203 Å². The molecule has 7 nitrogen and oxygen atoms in total. The van der Waals surface area contributed by atoms with E-state index in [-0.39, 0.29) is 17.6 Å². The Morgan fingerprint density at radius 3 is 2.33 bits per heavy atom. The topological polar surface area (TPSA) is 93.2 Å². The van der Waals surface area contributed by atoms with Crippen molar-refractivity contribution in [3.63, 3.8) is 0 Å². The van der Waals surface area contributed by atoms with Gasteiger partial charge in [-0.05, 0) is 48.5 Å². The van der Waals surface area contributed by atoms with Crippen molar-refractivity contribution in [2.24, 2.45) is 0 Å². The Morgan fingerprint density at radius 1 is 0.879 bits per heavy atom. The first-order valence-corrected chi connectivity index (χ1v) is 11.9. The van der Waals surface area contributed by atoms with Crippen LogP contribution in [0.2, 0.25) is 5.02 Å². The lowest BCUT2D eigenvalue weighted by molar-refractivity contribution is -0.113. The van der Waals surface area contributed by atoms with Crippen LogP contribution in [0.5, 0.6) is 11.5 Å². The van der Waals surface area contributed by atoms with Gasteiger partial charge < -0.3 is 10.1 Å². The fourth-order valence-corrected chi connectivity index (χ4v) is 4.45. The number of hydrogen-bond donors (Lipinski definition) is 2. The molecule has 0 unspecified atom stereocenters. The smallest absolute Gasteiger partial charge is 0.259 e. The first kappa shape index (κ1) is 22.8. The van der Waals surface area contributed by atoms with Gasteiger partial charge in [0, 0.05) is 5.69 Å². The molecule has 4 rings (SSSR count). The second-order valence-electron chi connectivity index (χ2n) is 6.58. The second-order valence-corrected chi connectivity index (χ2v) is 9.19. The summed E-state index contributed by atoms with van der Waals surface area (Å²) in [5, 5.41) is 14.1. The molecule has 1 aromatic heterocycles. The quantitative estimate of drug-likeness (QED) is 0.231. The number of rotatable bonds is 8. The zero-order chi connectivity index (χ0) is 23.0. The highest BCUT2D eigenvalue weighted by molar-refractivity contribution is 8.01. The molecule has 166 valence electrons. The van der Waals surface area contributed by atoms with E-state index in [1.54, 1.807) is 48.5 Å². The standard InChI is InChI=1S/C23H17ClN4O3S2/c24-19-9-5-4-8-18(19)21(30)26-22-27-28-23(33-22)32-14-20(29)25-15-10-12-17(13-11-15)31-16-6-2-1-3-7-16/h1-13H,14H2,(H,25,29)(H,26,27,30). The Morgan fingerprint density at radius 2 is 1.58 bits per heavy atom. The van der Waals surface area contributed by atoms with Crippen LogP contribution in [0.25, 0.3) is 0 Å². The number of nitrogens with one attached hydrogen (secondary N) is 2. The highest BCUT2D eigenvalue weighted by atomic mass is 35.5. The van der Waals surface area contributed by atoms with Crippen molar-refractivity contribution in [2.75, 3.05) is 16.4 Å². The van der Waals surface area contributed by atoms with Crippen molar-refractivity contribution >= 4 is 57.3 Å². The number of para-hydroxylation sites is 1. The molecule has 2 amide bonds. The zero-order valence-corrected chi connectivity index (χ0v) is 19.4. The average Bonchev–Trinajstić information content (AvgIpc) is 3.27. The Kier molecular flexibility index (Phi) is 7.56. The Hall–Kier alpha value is -3.40. The molecule has 0 atom stereocenters. The molecule has 0 bridgehead atoms. The summed E-state index contributed by atoms with van der Waals surface area (Å²) in [6.45, 7) is 0. The van der Waals surface area contributed by atoms with Gasteiger partial charge in [0.25, 0.3) is 5.91 Å². The number of carbonyl (C=O) groups excluding carboxylic acids is 2. The SMILES string of the molecule is O=C(CSc1nnc(NC(=O)c2ccccc2Cl)s1)Nc1ccc(Oc2ccccc2)cc1. The summed E-state index contributed by atoms with van der Waals surface area (Å²) < 4.78 is 6.30. The molecule has 0 saturated heterocycles. The van der Waals surface area contributed by atoms with Gasteiger partial charge in [-0.1, -0.05) is 65.0 Å². The van der Waals surface area contributed by atoms with Crippen molar-refractivity contribution in [3.8, 4) is 11.5 Å². The monoisotopic (exact) mass is 496 g/mol. The van der Waals surface area contributed by atoms with Gasteiger partial charge in [-0.3, -0.25) is 14.9 Å². The van der Waals surface area contributed by atoms with Crippen LogP contribution in [0, 0.1) is 0 Å². The first-order valence-electron chi connectivity index (χ1n) is 9.72. The van der Waals surface area contributed by atoms with Crippen LogP contribution < -0.4 is 15.4 Å². The molecular weight excluding hydrogens is 480 g/mol. The number of thioether (sulfide) groups is 1. The van der Waals surface area contributed by atoms with E-state index in [1.165, 1.54) is 23.1 Å². The summed E-state index contributed by atoms with van der Waals surface area (Å²) in [6, 6.07) is 23.3. The van der Waals surface area contributed by atoms with Crippen molar-refractivity contribution in [1.29, 1.82) is 0 Å². The summed E-state index contributed by atoms with van der Waals surface area (Å²) in [6.07, 6.45) is 0. The predicted molar refractivity (Wildman–Crippen MR) is 132 cm³/mol. The van der Waals surface area contributed by atoms with E-state index >= 15 is 0 Å². The third-order valence-corrected chi connectivity index (χ3v) is 6.49. The first-order chi connectivity index (χ1) is 16.1. The minimum atomic E-state index is -0.370. The fraction of sp³-hybridized carbons (Fsp3) is 0.0435. The number of aromatic nitrogens is 2. The summed E-state index contributed by atoms with van der Waals surface area (Å²) in [7, 11) is 0. The number of halogens is 1. The maximum atomic E-state index is 12.3. The van der Waals surface area contributed by atoms with Crippen molar-refractivity contribution in [2.45, 2.75) is 4.34 Å². The number of anilines is 2. The van der Waals surface area contributed by atoms with Crippen molar-refractivity contribution in [3.05, 3.63) is 89.4 Å². The summed E-state index contributed by atoms with van der Waals surface area (Å²) in [5.41, 5.74) is 1.01. The molecule has 2 N–H and O–H groups in total. The molecule has 0 aliphatic heterocycles. The molecule has 1 heterocycles. The third-order valence-electron chi connectivity index (χ3n) is 4.19. The molecule has 0 saturated carbocycles. The largest absolute Gasteiger partial charge is 0.457 e. The van der Waals surface area contributed by atoms with Gasteiger partial charge in [0.05, 0.1) is 16.3 Å². The fourth-order valence-electron chi connectivity index (χ4n) is 2.68. The van der Waals surface area contributed by atoms with E-state index in [4.69, 9.17) is 16.3 Å². The zero-order valence-electron chi connectivity index (χ0n) is 17.0. The lowest BCUT2D eigenvalue weighted by Gasteiger charge is -2.07. The minimum Gasteiger partial charge on any atom is -0.457 e.